The molecule has 56 heavy (non-hydrogen) atoms. The molecule has 0 aliphatic heterocycles. The summed E-state index contributed by atoms with van der Waals surface area (Å²) in [7, 11) is 0. The fraction of sp³-hybridized carbons (Fsp3) is 0. The fourth-order valence-electron chi connectivity index (χ4n) is 7.84. The van der Waals surface area contributed by atoms with Gasteiger partial charge in [0.05, 0.1) is 22.1 Å². The van der Waals surface area contributed by atoms with Crippen molar-refractivity contribution >= 4 is 43.6 Å². The first kappa shape index (κ1) is 31.7. The molecule has 7 aromatic carbocycles. The zero-order valence-electron chi connectivity index (χ0n) is 30.0. The summed E-state index contributed by atoms with van der Waals surface area (Å²) in [5.41, 5.74) is 9.72. The molecule has 4 heterocycles. The first-order valence-electron chi connectivity index (χ1n) is 18.6. The van der Waals surface area contributed by atoms with E-state index >= 15 is 0 Å². The van der Waals surface area contributed by atoms with E-state index in [1.165, 1.54) is 21.7 Å². The monoisotopic (exact) mass is 717 g/mol. The quantitative estimate of drug-likeness (QED) is 0.171. The number of nitrogens with zero attached hydrogens (tertiary/aromatic N) is 7. The predicted octanol–water partition coefficient (Wildman–Crippen LogP) is 11.5. The van der Waals surface area contributed by atoms with Crippen molar-refractivity contribution in [1.29, 1.82) is 0 Å². The van der Waals surface area contributed by atoms with Crippen LogP contribution < -0.4 is 0 Å². The van der Waals surface area contributed by atoms with Gasteiger partial charge in [0.15, 0.2) is 23.3 Å². The van der Waals surface area contributed by atoms with E-state index in [-0.39, 0.29) is 0 Å². The van der Waals surface area contributed by atoms with Crippen LogP contribution in [0.1, 0.15) is 0 Å². The standard InChI is InChI=1S/C49H31N7/c1-4-15-33(16-5-1)46-52-47(34-17-6-2-7-18-34)54-49(53-46)44-38-23-10-12-25-40(38)50-48(51-44)35-19-14-22-37(31-35)56-41-26-13-11-24-39(41)43-42(56)28-27-32-29-30-55(45(32)43)36-20-8-3-9-21-36/h1-31H. The lowest BCUT2D eigenvalue weighted by Gasteiger charge is -2.13. The maximum Gasteiger partial charge on any atom is 0.183 e. The van der Waals surface area contributed by atoms with Crippen LogP contribution in [0.5, 0.6) is 0 Å². The first-order chi connectivity index (χ1) is 27.8. The molecule has 0 amide bonds. The van der Waals surface area contributed by atoms with Gasteiger partial charge < -0.3 is 9.13 Å². The highest BCUT2D eigenvalue weighted by atomic mass is 15.1. The van der Waals surface area contributed by atoms with Crippen molar-refractivity contribution < 1.29 is 0 Å². The van der Waals surface area contributed by atoms with Crippen LogP contribution in [0.25, 0.3) is 101 Å². The van der Waals surface area contributed by atoms with Crippen molar-refractivity contribution in [1.82, 2.24) is 34.1 Å². The summed E-state index contributed by atoms with van der Waals surface area (Å²) in [6.07, 6.45) is 2.17. The summed E-state index contributed by atoms with van der Waals surface area (Å²) in [4.78, 5) is 25.4. The molecule has 0 unspecified atom stereocenters. The Hall–Kier alpha value is -7.77. The van der Waals surface area contributed by atoms with E-state index in [1.54, 1.807) is 0 Å². The minimum Gasteiger partial charge on any atom is -0.316 e. The van der Waals surface area contributed by atoms with Gasteiger partial charge in [-0.05, 0) is 48.5 Å². The molecular weight excluding hydrogens is 687 g/mol. The van der Waals surface area contributed by atoms with Crippen LogP contribution in [-0.4, -0.2) is 34.1 Å². The highest BCUT2D eigenvalue weighted by molar-refractivity contribution is 6.20. The Balaban J connectivity index is 1.11. The zero-order chi connectivity index (χ0) is 37.0. The molecule has 0 aliphatic rings. The van der Waals surface area contributed by atoms with Crippen LogP contribution in [0, 0.1) is 0 Å². The third-order valence-electron chi connectivity index (χ3n) is 10.4. The van der Waals surface area contributed by atoms with Crippen LogP contribution in [0.2, 0.25) is 0 Å². The second-order valence-corrected chi connectivity index (χ2v) is 13.8. The lowest BCUT2D eigenvalue weighted by Crippen LogP contribution is -2.03. The van der Waals surface area contributed by atoms with Gasteiger partial charge in [-0.25, -0.2) is 24.9 Å². The largest absolute Gasteiger partial charge is 0.316 e. The second-order valence-electron chi connectivity index (χ2n) is 13.8. The maximum absolute atomic E-state index is 5.26. The highest BCUT2D eigenvalue weighted by Gasteiger charge is 2.20. The van der Waals surface area contributed by atoms with Gasteiger partial charge in [-0.1, -0.05) is 133 Å². The Bertz CT molecular complexity index is 3180. The molecule has 0 bridgehead atoms. The molecule has 0 N–H and O–H groups in total. The van der Waals surface area contributed by atoms with Gasteiger partial charge >= 0.3 is 0 Å². The van der Waals surface area contributed by atoms with Gasteiger partial charge in [0.25, 0.3) is 0 Å². The van der Waals surface area contributed by atoms with E-state index in [4.69, 9.17) is 24.9 Å². The summed E-state index contributed by atoms with van der Waals surface area (Å²) < 4.78 is 4.64. The summed E-state index contributed by atoms with van der Waals surface area (Å²) in [5, 5.41) is 4.46. The lowest BCUT2D eigenvalue weighted by molar-refractivity contribution is 1.06. The van der Waals surface area contributed by atoms with Gasteiger partial charge in [0.2, 0.25) is 0 Å². The van der Waals surface area contributed by atoms with E-state index in [1.807, 2.05) is 84.9 Å². The Morgan fingerprint density at radius 1 is 0.375 bits per heavy atom. The fourth-order valence-corrected chi connectivity index (χ4v) is 7.84. The average molecular weight is 718 g/mol. The number of benzene rings is 7. The number of hydrogen-bond acceptors (Lipinski definition) is 5. The van der Waals surface area contributed by atoms with Crippen LogP contribution in [-0.2, 0) is 0 Å². The van der Waals surface area contributed by atoms with E-state index in [0.29, 0.717) is 29.0 Å². The van der Waals surface area contributed by atoms with Crippen molar-refractivity contribution in [2.24, 2.45) is 0 Å². The molecule has 0 aliphatic carbocycles. The molecule has 0 atom stereocenters. The Morgan fingerprint density at radius 2 is 0.964 bits per heavy atom. The van der Waals surface area contributed by atoms with Gasteiger partial charge in [0.1, 0.15) is 5.69 Å². The predicted molar refractivity (Wildman–Crippen MR) is 226 cm³/mol. The van der Waals surface area contributed by atoms with Gasteiger partial charge in [-0.3, -0.25) is 0 Å². The minimum atomic E-state index is 0.488. The van der Waals surface area contributed by atoms with Crippen molar-refractivity contribution in [2.45, 2.75) is 0 Å². The molecule has 0 fully saturated rings. The van der Waals surface area contributed by atoms with Crippen molar-refractivity contribution in [3.63, 3.8) is 0 Å². The summed E-state index contributed by atoms with van der Waals surface area (Å²) in [6.45, 7) is 0. The Kier molecular flexibility index (Phi) is 7.35. The van der Waals surface area contributed by atoms with Crippen LogP contribution in [0.4, 0.5) is 0 Å². The Morgan fingerprint density at radius 3 is 1.71 bits per heavy atom. The van der Waals surface area contributed by atoms with E-state index in [9.17, 15) is 0 Å². The lowest BCUT2D eigenvalue weighted by atomic mass is 10.1. The third kappa shape index (κ3) is 5.25. The van der Waals surface area contributed by atoms with Crippen molar-refractivity contribution in [2.75, 3.05) is 0 Å². The van der Waals surface area contributed by atoms with E-state index in [2.05, 4.69) is 112 Å². The molecule has 11 aromatic rings. The molecule has 7 heteroatoms. The Labute approximate surface area is 321 Å². The molecule has 11 rings (SSSR count). The highest BCUT2D eigenvalue weighted by Crippen LogP contribution is 2.39. The number of aromatic nitrogens is 7. The number of rotatable bonds is 6. The van der Waals surface area contributed by atoms with Gasteiger partial charge in [-0.2, -0.15) is 0 Å². The maximum atomic E-state index is 5.26. The molecular formula is C49H31N7. The first-order valence-corrected chi connectivity index (χ1v) is 18.6. The molecule has 0 saturated carbocycles. The topological polar surface area (TPSA) is 74.3 Å². The number of para-hydroxylation sites is 3. The molecule has 262 valence electrons. The normalized spacial score (nSPS) is 11.6. The molecule has 4 aromatic heterocycles. The summed E-state index contributed by atoms with van der Waals surface area (Å²) in [6, 6.07) is 62.4. The molecule has 0 saturated heterocycles. The molecule has 7 nitrogen and oxygen atoms in total. The van der Waals surface area contributed by atoms with Crippen LogP contribution in [0.15, 0.2) is 188 Å². The SMILES string of the molecule is c1ccc(-c2nc(-c3ccccc3)nc(-c3nc(-c4cccc(-n5c6ccccc6c6c7c(ccc65)ccn7-c5ccccc5)c4)nc4ccccc34)n2)cc1. The van der Waals surface area contributed by atoms with Crippen LogP contribution >= 0.6 is 0 Å². The van der Waals surface area contributed by atoms with Crippen molar-refractivity contribution in [3.05, 3.63) is 188 Å². The third-order valence-corrected chi connectivity index (χ3v) is 10.4. The van der Waals surface area contributed by atoms with Crippen molar-refractivity contribution in [3.8, 4) is 57.1 Å². The van der Waals surface area contributed by atoms with Gasteiger partial charge in [0, 0.05) is 55.8 Å². The number of fused-ring (bicyclic) bond motifs is 6. The summed E-state index contributed by atoms with van der Waals surface area (Å²) in [5.74, 6) is 2.24. The number of hydrogen-bond donors (Lipinski definition) is 0. The van der Waals surface area contributed by atoms with Gasteiger partial charge in [-0.15, -0.1) is 0 Å². The van der Waals surface area contributed by atoms with Crippen LogP contribution in [0.3, 0.4) is 0 Å². The van der Waals surface area contributed by atoms with E-state index < -0.39 is 0 Å². The minimum absolute atomic E-state index is 0.488. The average Bonchev–Trinajstić information content (AvgIpc) is 3.86. The molecule has 0 radical (unpaired) electrons. The molecule has 0 spiro atoms. The zero-order valence-corrected chi connectivity index (χ0v) is 30.0. The smallest absolute Gasteiger partial charge is 0.183 e. The van der Waals surface area contributed by atoms with E-state index in [0.717, 1.165) is 50.0 Å². The summed E-state index contributed by atoms with van der Waals surface area (Å²) >= 11 is 0. The second kappa shape index (κ2) is 13.0.